The van der Waals surface area contributed by atoms with E-state index in [1.54, 1.807) is 4.90 Å². The summed E-state index contributed by atoms with van der Waals surface area (Å²) in [5.41, 5.74) is 1.21. The maximum Gasteiger partial charge on any atom is 0.246 e. The second-order valence-corrected chi connectivity index (χ2v) is 9.48. The summed E-state index contributed by atoms with van der Waals surface area (Å²) in [5.74, 6) is 1.77. The summed E-state index contributed by atoms with van der Waals surface area (Å²) in [6, 6.07) is 8.17. The summed E-state index contributed by atoms with van der Waals surface area (Å²) in [6.07, 6.45) is 5.00. The highest BCUT2D eigenvalue weighted by molar-refractivity contribution is 7.99. The number of rotatable bonds is 6. The maximum absolute atomic E-state index is 13.2. The van der Waals surface area contributed by atoms with Crippen LogP contribution in [0.5, 0.6) is 0 Å². The van der Waals surface area contributed by atoms with E-state index in [4.69, 9.17) is 0 Å². The number of fused-ring (bicyclic) bond motifs is 1. The van der Waals surface area contributed by atoms with Gasteiger partial charge in [-0.05, 0) is 63.2 Å². The molecule has 1 aromatic carbocycles. The lowest BCUT2D eigenvalue weighted by Crippen LogP contribution is -2.63. The molecule has 146 valence electrons. The Morgan fingerprint density at radius 3 is 2.67 bits per heavy atom. The molecule has 0 unspecified atom stereocenters. The lowest BCUT2D eigenvalue weighted by Gasteiger charge is -2.44. The van der Waals surface area contributed by atoms with Crippen molar-refractivity contribution in [1.29, 1.82) is 0 Å². The van der Waals surface area contributed by atoms with Crippen molar-refractivity contribution in [2.24, 2.45) is 0 Å². The van der Waals surface area contributed by atoms with Crippen molar-refractivity contribution in [3.8, 4) is 0 Å². The molecule has 1 saturated heterocycles. The van der Waals surface area contributed by atoms with E-state index in [0.29, 0.717) is 19.4 Å². The van der Waals surface area contributed by atoms with E-state index in [9.17, 15) is 9.59 Å². The Balaban J connectivity index is 1.81. The standard InChI is InChI=1S/C21H29N3O2S/c1-20(2,3)23-19(26)21(9-12-27-13-10-21)24(15-25)11-8-16-14-22-18-7-5-4-6-17(16)18/h4-7,14-15,22H,8-13H2,1-3H3,(H,23,26). The van der Waals surface area contributed by atoms with Crippen molar-refractivity contribution in [2.75, 3.05) is 18.1 Å². The summed E-state index contributed by atoms with van der Waals surface area (Å²) in [4.78, 5) is 30.2. The Labute approximate surface area is 165 Å². The van der Waals surface area contributed by atoms with Gasteiger partial charge in [0.25, 0.3) is 0 Å². The zero-order chi connectivity index (χ0) is 19.5. The molecule has 0 saturated carbocycles. The largest absolute Gasteiger partial charge is 0.361 e. The number of carbonyl (C=O) groups is 2. The van der Waals surface area contributed by atoms with E-state index in [-0.39, 0.29) is 11.4 Å². The molecule has 2 amide bonds. The molecule has 0 spiro atoms. The molecule has 0 aliphatic carbocycles. The molecular weight excluding hydrogens is 358 g/mol. The number of para-hydroxylation sites is 1. The van der Waals surface area contributed by atoms with E-state index in [1.807, 2.05) is 56.9 Å². The van der Waals surface area contributed by atoms with Crippen LogP contribution in [0.25, 0.3) is 10.9 Å². The van der Waals surface area contributed by atoms with E-state index in [1.165, 1.54) is 10.9 Å². The summed E-state index contributed by atoms with van der Waals surface area (Å²) >= 11 is 1.85. The first-order valence-electron chi connectivity index (χ1n) is 9.53. The zero-order valence-corrected chi connectivity index (χ0v) is 17.2. The highest BCUT2D eigenvalue weighted by Gasteiger charge is 2.45. The molecule has 6 heteroatoms. The highest BCUT2D eigenvalue weighted by Crippen LogP contribution is 2.33. The molecule has 1 aliphatic heterocycles. The fourth-order valence-electron chi connectivity index (χ4n) is 3.76. The normalized spacial score (nSPS) is 16.9. The van der Waals surface area contributed by atoms with Crippen molar-refractivity contribution < 1.29 is 9.59 Å². The van der Waals surface area contributed by atoms with Crippen LogP contribution < -0.4 is 5.32 Å². The van der Waals surface area contributed by atoms with Gasteiger partial charge >= 0.3 is 0 Å². The summed E-state index contributed by atoms with van der Waals surface area (Å²) < 4.78 is 0. The molecule has 1 fully saturated rings. The van der Waals surface area contributed by atoms with Crippen LogP contribution in [0, 0.1) is 0 Å². The number of thioether (sulfide) groups is 1. The Kier molecular flexibility index (Phi) is 5.84. The number of hydrogen-bond acceptors (Lipinski definition) is 3. The van der Waals surface area contributed by atoms with Gasteiger partial charge in [0.2, 0.25) is 12.3 Å². The minimum Gasteiger partial charge on any atom is -0.361 e. The molecule has 0 atom stereocenters. The van der Waals surface area contributed by atoms with Crippen LogP contribution in [0.15, 0.2) is 30.5 Å². The molecular formula is C21H29N3O2S. The fourth-order valence-corrected chi connectivity index (χ4v) is 4.93. The first-order chi connectivity index (χ1) is 12.9. The number of benzene rings is 1. The molecule has 3 rings (SSSR count). The van der Waals surface area contributed by atoms with Crippen molar-refractivity contribution >= 4 is 35.0 Å². The van der Waals surface area contributed by atoms with Gasteiger partial charge in [-0.15, -0.1) is 0 Å². The fraction of sp³-hybridized carbons (Fsp3) is 0.524. The molecule has 2 N–H and O–H groups in total. The van der Waals surface area contributed by atoms with Gasteiger partial charge < -0.3 is 15.2 Å². The van der Waals surface area contributed by atoms with Gasteiger partial charge in [-0.2, -0.15) is 11.8 Å². The number of amides is 2. The summed E-state index contributed by atoms with van der Waals surface area (Å²) in [5, 5.41) is 4.29. The van der Waals surface area contributed by atoms with E-state index in [2.05, 4.69) is 16.4 Å². The lowest BCUT2D eigenvalue weighted by atomic mass is 9.87. The van der Waals surface area contributed by atoms with Crippen molar-refractivity contribution in [3.63, 3.8) is 0 Å². The van der Waals surface area contributed by atoms with Gasteiger partial charge in [-0.3, -0.25) is 9.59 Å². The van der Waals surface area contributed by atoms with Crippen LogP contribution in [-0.2, 0) is 16.0 Å². The Morgan fingerprint density at radius 1 is 1.30 bits per heavy atom. The average Bonchev–Trinajstić information content (AvgIpc) is 3.05. The van der Waals surface area contributed by atoms with Crippen molar-refractivity contribution in [3.05, 3.63) is 36.0 Å². The van der Waals surface area contributed by atoms with Gasteiger partial charge in [-0.25, -0.2) is 0 Å². The number of nitrogens with one attached hydrogen (secondary N) is 2. The van der Waals surface area contributed by atoms with Crippen LogP contribution in [-0.4, -0.2) is 51.3 Å². The number of carbonyl (C=O) groups excluding carboxylic acids is 2. The first kappa shape index (κ1) is 19.8. The first-order valence-corrected chi connectivity index (χ1v) is 10.7. The van der Waals surface area contributed by atoms with Crippen molar-refractivity contribution in [2.45, 2.75) is 51.1 Å². The summed E-state index contributed by atoms with van der Waals surface area (Å²) in [6.45, 7) is 6.47. The molecule has 1 aliphatic rings. The minimum atomic E-state index is -0.744. The third kappa shape index (κ3) is 4.32. The van der Waals surface area contributed by atoms with Crippen LogP contribution >= 0.6 is 11.8 Å². The summed E-state index contributed by atoms with van der Waals surface area (Å²) in [7, 11) is 0. The molecule has 2 aromatic rings. The molecule has 5 nitrogen and oxygen atoms in total. The van der Waals surface area contributed by atoms with Gasteiger partial charge in [-0.1, -0.05) is 18.2 Å². The smallest absolute Gasteiger partial charge is 0.246 e. The van der Waals surface area contributed by atoms with E-state index < -0.39 is 5.54 Å². The van der Waals surface area contributed by atoms with Gasteiger partial charge in [0, 0.05) is 29.2 Å². The highest BCUT2D eigenvalue weighted by atomic mass is 32.2. The molecule has 2 heterocycles. The Morgan fingerprint density at radius 2 is 2.00 bits per heavy atom. The van der Waals surface area contributed by atoms with Gasteiger partial charge in [0.1, 0.15) is 5.54 Å². The molecule has 1 aromatic heterocycles. The Bertz CT molecular complexity index is 803. The number of hydrogen-bond donors (Lipinski definition) is 2. The monoisotopic (exact) mass is 387 g/mol. The Hall–Kier alpha value is -1.95. The van der Waals surface area contributed by atoms with E-state index in [0.717, 1.165) is 29.9 Å². The van der Waals surface area contributed by atoms with Crippen LogP contribution in [0.3, 0.4) is 0 Å². The average molecular weight is 388 g/mol. The molecule has 0 radical (unpaired) electrons. The predicted molar refractivity (Wildman–Crippen MR) is 112 cm³/mol. The van der Waals surface area contributed by atoms with Crippen LogP contribution in [0.2, 0.25) is 0 Å². The van der Waals surface area contributed by atoms with Crippen LogP contribution in [0.4, 0.5) is 0 Å². The van der Waals surface area contributed by atoms with Crippen LogP contribution in [0.1, 0.15) is 39.2 Å². The zero-order valence-electron chi connectivity index (χ0n) is 16.4. The third-order valence-corrected chi connectivity index (χ3v) is 6.19. The molecule has 0 bridgehead atoms. The quantitative estimate of drug-likeness (QED) is 0.747. The second kappa shape index (κ2) is 7.97. The minimum absolute atomic E-state index is 0.0265. The SMILES string of the molecule is CC(C)(C)NC(=O)C1(N(C=O)CCc2c[nH]c3ccccc23)CCSCC1. The van der Waals surface area contributed by atoms with Gasteiger partial charge in [0.15, 0.2) is 0 Å². The lowest BCUT2D eigenvalue weighted by molar-refractivity contribution is -0.142. The molecule has 27 heavy (non-hydrogen) atoms. The van der Waals surface area contributed by atoms with Gasteiger partial charge in [0.05, 0.1) is 0 Å². The third-order valence-electron chi connectivity index (χ3n) is 5.21. The number of aromatic amines is 1. The second-order valence-electron chi connectivity index (χ2n) is 8.26. The topological polar surface area (TPSA) is 65.2 Å². The number of aromatic nitrogens is 1. The van der Waals surface area contributed by atoms with Crippen molar-refractivity contribution in [1.82, 2.24) is 15.2 Å². The maximum atomic E-state index is 13.2. The number of H-pyrrole nitrogens is 1. The number of nitrogens with zero attached hydrogens (tertiary/aromatic N) is 1. The predicted octanol–water partition coefficient (Wildman–Crippen LogP) is 3.35. The van der Waals surface area contributed by atoms with E-state index >= 15 is 0 Å².